The lowest BCUT2D eigenvalue weighted by atomic mass is 9.87. The Morgan fingerprint density at radius 2 is 0.826 bits per heavy atom. The van der Waals surface area contributed by atoms with Crippen molar-refractivity contribution in [2.45, 2.75) is 71.7 Å². The van der Waals surface area contributed by atoms with Crippen molar-refractivity contribution in [3.05, 3.63) is 0 Å². The van der Waals surface area contributed by atoms with Gasteiger partial charge in [0, 0.05) is 13.1 Å². The Kier molecular flexibility index (Phi) is 11.8. The van der Waals surface area contributed by atoms with Gasteiger partial charge in [-0.15, -0.1) is 0 Å². The highest BCUT2D eigenvalue weighted by molar-refractivity contribution is 7.90. The fourth-order valence-corrected chi connectivity index (χ4v) is 4.48. The number of nitrogens with zero attached hydrogens (tertiary/aromatic N) is 2. The van der Waals surface area contributed by atoms with E-state index in [4.69, 9.17) is 5.11 Å². The molecule has 276 valence electrons. The third-order valence-electron chi connectivity index (χ3n) is 5.73. The van der Waals surface area contributed by atoms with E-state index in [-0.39, 0.29) is 0 Å². The molecule has 0 rings (SSSR count). The van der Waals surface area contributed by atoms with Gasteiger partial charge in [-0.05, 0) is 27.1 Å². The van der Waals surface area contributed by atoms with Crippen molar-refractivity contribution in [2.75, 3.05) is 33.7 Å². The number of rotatable bonds is 17. The maximum absolute atomic E-state index is 14.5. The van der Waals surface area contributed by atoms with E-state index in [9.17, 15) is 105 Å². The first kappa shape index (κ1) is 43.9. The quantitative estimate of drug-likeness (QED) is 0.177. The minimum absolute atomic E-state index is 0.414. The molecule has 0 radical (unpaired) electrons. The van der Waals surface area contributed by atoms with Gasteiger partial charge < -0.3 is 10.0 Å². The Balaban J connectivity index is 7.27. The average molecular weight is 756 g/mol. The third-order valence-corrected chi connectivity index (χ3v) is 7.68. The maximum atomic E-state index is 14.5. The van der Waals surface area contributed by atoms with Crippen LogP contribution in [0.1, 0.15) is 12.8 Å². The fraction of sp³-hybridized carbons (Fsp3) is 0.944. The van der Waals surface area contributed by atoms with Gasteiger partial charge >= 0.3 is 64.8 Å². The van der Waals surface area contributed by atoms with Crippen LogP contribution in [-0.2, 0) is 14.8 Å². The average Bonchev–Trinajstić information content (AvgIpc) is 2.83. The molecule has 0 bridgehead atoms. The number of halogens is 21. The van der Waals surface area contributed by atoms with Crippen LogP contribution < -0.4 is 0 Å². The molecule has 0 amide bonds. The minimum atomic E-state index is -9.42. The molecule has 0 aromatic heterocycles. The van der Waals surface area contributed by atoms with Gasteiger partial charge in [-0.3, -0.25) is 4.79 Å². The molecule has 0 saturated heterocycles. The summed E-state index contributed by atoms with van der Waals surface area (Å²) in [6.45, 7) is -3.87. The van der Waals surface area contributed by atoms with Crippen LogP contribution in [0.3, 0.4) is 0 Å². The Bertz CT molecular complexity index is 1200. The van der Waals surface area contributed by atoms with Gasteiger partial charge in [0.25, 0.3) is 10.0 Å². The summed E-state index contributed by atoms with van der Waals surface area (Å²) in [4.78, 5) is 11.8. The highest BCUT2D eigenvalue weighted by atomic mass is 32.2. The molecule has 28 heteroatoms. The van der Waals surface area contributed by atoms with Crippen molar-refractivity contribution in [3.63, 3.8) is 0 Å². The molecule has 0 aromatic carbocycles. The maximum Gasteiger partial charge on any atom is 0.460 e. The van der Waals surface area contributed by atoms with Crippen molar-refractivity contribution in [3.8, 4) is 0 Å². The Labute approximate surface area is 242 Å². The van der Waals surface area contributed by atoms with Gasteiger partial charge in [-0.1, -0.05) is 0 Å². The molecule has 46 heavy (non-hydrogen) atoms. The Morgan fingerprint density at radius 1 is 0.522 bits per heavy atom. The Morgan fingerprint density at radius 3 is 1.11 bits per heavy atom. The predicted molar refractivity (Wildman–Crippen MR) is 106 cm³/mol. The molecule has 0 aliphatic rings. The van der Waals surface area contributed by atoms with E-state index in [0.717, 1.165) is 4.90 Å². The van der Waals surface area contributed by atoms with Crippen LogP contribution in [0.2, 0.25) is 0 Å². The number of aliphatic carboxylic acids is 1. The van der Waals surface area contributed by atoms with Crippen LogP contribution in [-0.4, -0.2) is 121 Å². The standard InChI is InChI=1S/C18H17F21N2O4S/c1-40(2)5-3-6-41(7-4-8(42)43)46(44,45)18(38,39)16(33,34)14(29,30)12(25,26)10(21,22)9(19,20)11(23,24)13(27,28)15(31,32)17(35,36)37/h3-7H2,1-2H3,(H,42,43). The van der Waals surface area contributed by atoms with Gasteiger partial charge in [0.1, 0.15) is 0 Å². The van der Waals surface area contributed by atoms with Crippen LogP contribution in [0, 0.1) is 0 Å². The van der Waals surface area contributed by atoms with E-state index >= 15 is 0 Å². The number of carbonyl (C=O) groups is 1. The molecule has 0 aliphatic heterocycles. The lowest BCUT2D eigenvalue weighted by Crippen LogP contribution is -2.77. The molecule has 0 atom stereocenters. The third kappa shape index (κ3) is 6.36. The monoisotopic (exact) mass is 756 g/mol. The molecule has 0 aromatic rings. The predicted octanol–water partition coefficient (Wildman–Crippen LogP) is 6.28. The summed E-state index contributed by atoms with van der Waals surface area (Å²) < 4.78 is 308. The van der Waals surface area contributed by atoms with Gasteiger partial charge in [0.2, 0.25) is 0 Å². The van der Waals surface area contributed by atoms with Crippen LogP contribution in [0.5, 0.6) is 0 Å². The summed E-state index contributed by atoms with van der Waals surface area (Å²) in [5, 5.41) is 0.621. The second kappa shape index (κ2) is 12.4. The SMILES string of the molecule is CN(C)CCCN(CCC(=O)O)S(=O)(=O)C(F)(F)C(F)(F)C(F)(F)C(F)(F)C(F)(F)C(F)(F)C(F)(F)C(F)(F)C(F)(F)C(F)(F)F. The second-order valence-electron chi connectivity index (χ2n) is 9.31. The molecule has 1 N–H and O–H groups in total. The largest absolute Gasteiger partial charge is 0.481 e. The van der Waals surface area contributed by atoms with Gasteiger partial charge in [-0.25, -0.2) is 8.42 Å². The van der Waals surface area contributed by atoms with Crippen LogP contribution >= 0.6 is 0 Å². The smallest absolute Gasteiger partial charge is 0.460 e. The van der Waals surface area contributed by atoms with E-state index < -0.39 is 112 Å². The van der Waals surface area contributed by atoms with E-state index in [1.165, 1.54) is 14.1 Å². The molecule has 0 spiro atoms. The lowest BCUT2D eigenvalue weighted by Gasteiger charge is -2.44. The van der Waals surface area contributed by atoms with E-state index in [1.54, 1.807) is 0 Å². The Hall–Kier alpha value is -2.13. The molecule has 6 nitrogen and oxygen atoms in total. The molecule has 0 unspecified atom stereocenters. The molecule has 0 saturated carbocycles. The van der Waals surface area contributed by atoms with Gasteiger partial charge in [0.15, 0.2) is 0 Å². The minimum Gasteiger partial charge on any atom is -0.481 e. The van der Waals surface area contributed by atoms with E-state index in [0.29, 0.717) is 0 Å². The molecular formula is C18H17F21N2O4S. The number of carboxylic acid groups (broad SMARTS) is 1. The molecule has 0 heterocycles. The van der Waals surface area contributed by atoms with Crippen molar-refractivity contribution < 1.29 is 111 Å². The van der Waals surface area contributed by atoms with Crippen molar-refractivity contribution in [1.82, 2.24) is 9.21 Å². The molecular weight excluding hydrogens is 739 g/mol. The van der Waals surface area contributed by atoms with Crippen molar-refractivity contribution in [2.24, 2.45) is 0 Å². The zero-order valence-electron chi connectivity index (χ0n) is 21.9. The first-order valence-electron chi connectivity index (χ1n) is 11.1. The summed E-state index contributed by atoms with van der Waals surface area (Å²) in [6.07, 6.45) is -10.6. The number of sulfonamides is 1. The van der Waals surface area contributed by atoms with Crippen LogP contribution in [0.15, 0.2) is 0 Å². The molecule has 0 aliphatic carbocycles. The summed E-state index contributed by atoms with van der Waals surface area (Å²) in [5.74, 6) is -75.0. The van der Waals surface area contributed by atoms with E-state index in [2.05, 4.69) is 0 Å². The summed E-state index contributed by atoms with van der Waals surface area (Å²) in [6, 6.07) is 0. The zero-order valence-corrected chi connectivity index (χ0v) is 22.8. The summed E-state index contributed by atoms with van der Waals surface area (Å²) in [5.41, 5.74) is 0. The first-order valence-corrected chi connectivity index (χ1v) is 12.5. The van der Waals surface area contributed by atoms with Crippen LogP contribution in [0.25, 0.3) is 0 Å². The lowest BCUT2D eigenvalue weighted by molar-refractivity contribution is -0.472. The normalized spacial score (nSPS) is 16.0. The zero-order chi connectivity index (χ0) is 37.8. The van der Waals surface area contributed by atoms with Crippen molar-refractivity contribution in [1.29, 1.82) is 0 Å². The first-order chi connectivity index (χ1) is 19.7. The van der Waals surface area contributed by atoms with Crippen LogP contribution in [0.4, 0.5) is 92.2 Å². The highest BCUT2D eigenvalue weighted by Crippen LogP contribution is 2.66. The number of carboxylic acids is 1. The number of hydrogen-bond acceptors (Lipinski definition) is 4. The van der Waals surface area contributed by atoms with Crippen molar-refractivity contribution >= 4 is 16.0 Å². The number of hydrogen-bond donors (Lipinski definition) is 1. The molecule has 0 fully saturated rings. The topological polar surface area (TPSA) is 77.9 Å². The summed E-state index contributed by atoms with van der Waals surface area (Å²) in [7, 11) is -5.37. The van der Waals surface area contributed by atoms with E-state index in [1.807, 2.05) is 0 Å². The highest BCUT2D eigenvalue weighted by Gasteiger charge is 2.98. The second-order valence-corrected chi connectivity index (χ2v) is 11.3. The van der Waals surface area contributed by atoms with Gasteiger partial charge in [0.05, 0.1) is 6.42 Å². The van der Waals surface area contributed by atoms with Gasteiger partial charge in [-0.2, -0.15) is 96.5 Å². The number of alkyl halides is 21. The summed E-state index contributed by atoms with van der Waals surface area (Å²) >= 11 is 0. The fourth-order valence-electron chi connectivity index (χ4n) is 3.00.